The number of piperidine rings is 1. The van der Waals surface area contributed by atoms with E-state index in [1.165, 1.54) is 0 Å². The summed E-state index contributed by atoms with van der Waals surface area (Å²) in [6.07, 6.45) is 1.98. The maximum Gasteiger partial charge on any atom is 0.258 e. The Morgan fingerprint density at radius 1 is 1.28 bits per heavy atom. The Bertz CT molecular complexity index is 919. The number of amides is 1. The minimum absolute atomic E-state index is 0.0406. The van der Waals surface area contributed by atoms with Gasteiger partial charge in [-0.05, 0) is 31.7 Å². The first-order valence-electron chi connectivity index (χ1n) is 10.2. The Morgan fingerprint density at radius 2 is 2.03 bits per heavy atom. The van der Waals surface area contributed by atoms with Gasteiger partial charge in [0.2, 0.25) is 0 Å². The first kappa shape index (κ1) is 19.9. The molecule has 1 aliphatic heterocycles. The minimum Gasteiger partial charge on any atom is -0.465 e. The largest absolute Gasteiger partial charge is 0.465 e. The average molecular weight is 397 g/mol. The zero-order valence-electron chi connectivity index (χ0n) is 16.7. The SMILES string of the molecule is Cc1oc2c(c1C(=O)N1CC[C@@H](O)[C@@](CO)(Cc3ccccc3)C1)C(=O)CCC2. The van der Waals surface area contributed by atoms with Gasteiger partial charge in [-0.15, -0.1) is 0 Å². The highest BCUT2D eigenvalue weighted by molar-refractivity contribution is 6.10. The summed E-state index contributed by atoms with van der Waals surface area (Å²) in [4.78, 5) is 27.5. The fraction of sp³-hybridized carbons (Fsp3) is 0.478. The van der Waals surface area contributed by atoms with Crippen LogP contribution in [0.5, 0.6) is 0 Å². The van der Waals surface area contributed by atoms with Crippen molar-refractivity contribution >= 4 is 11.7 Å². The van der Waals surface area contributed by atoms with Gasteiger partial charge >= 0.3 is 0 Å². The summed E-state index contributed by atoms with van der Waals surface area (Å²) < 4.78 is 5.75. The fourth-order valence-corrected chi connectivity index (χ4v) is 4.73. The molecule has 1 amide bonds. The van der Waals surface area contributed by atoms with Crippen LogP contribution in [-0.4, -0.2) is 52.6 Å². The third-order valence-corrected chi connectivity index (χ3v) is 6.34. The molecule has 6 nitrogen and oxygen atoms in total. The molecule has 0 spiro atoms. The first-order valence-corrected chi connectivity index (χ1v) is 10.2. The molecule has 6 heteroatoms. The van der Waals surface area contributed by atoms with Crippen LogP contribution in [0.1, 0.15) is 57.1 Å². The van der Waals surface area contributed by atoms with E-state index in [4.69, 9.17) is 4.42 Å². The maximum atomic E-state index is 13.4. The zero-order valence-corrected chi connectivity index (χ0v) is 16.7. The molecule has 2 N–H and O–H groups in total. The van der Waals surface area contributed by atoms with Gasteiger partial charge in [0, 0.05) is 31.3 Å². The second-order valence-corrected chi connectivity index (χ2v) is 8.32. The minimum atomic E-state index is -0.836. The van der Waals surface area contributed by atoms with Gasteiger partial charge in [-0.2, -0.15) is 0 Å². The van der Waals surface area contributed by atoms with Crippen molar-refractivity contribution in [2.75, 3.05) is 19.7 Å². The predicted octanol–water partition coefficient (Wildman–Crippen LogP) is 2.54. The molecule has 2 atom stereocenters. The normalized spacial score (nSPS) is 24.4. The number of aliphatic hydroxyl groups excluding tert-OH is 2. The number of hydrogen-bond acceptors (Lipinski definition) is 5. The van der Waals surface area contributed by atoms with E-state index in [0.29, 0.717) is 54.9 Å². The predicted molar refractivity (Wildman–Crippen MR) is 107 cm³/mol. The number of likely N-dealkylation sites (tertiary alicyclic amines) is 1. The van der Waals surface area contributed by atoms with Crippen molar-refractivity contribution in [2.45, 2.75) is 45.1 Å². The summed E-state index contributed by atoms with van der Waals surface area (Å²) in [6, 6.07) is 9.68. The topological polar surface area (TPSA) is 91.0 Å². The number of carbonyl (C=O) groups excluding carboxylic acids is 2. The molecule has 0 bridgehead atoms. The van der Waals surface area contributed by atoms with Crippen LogP contribution in [0, 0.1) is 12.3 Å². The van der Waals surface area contributed by atoms with Crippen molar-refractivity contribution in [3.05, 3.63) is 58.5 Å². The van der Waals surface area contributed by atoms with Crippen LogP contribution in [0.2, 0.25) is 0 Å². The lowest BCUT2D eigenvalue weighted by molar-refractivity contribution is -0.0669. The van der Waals surface area contributed by atoms with Gasteiger partial charge < -0.3 is 19.5 Å². The maximum absolute atomic E-state index is 13.4. The second-order valence-electron chi connectivity index (χ2n) is 8.32. The molecule has 2 aromatic rings. The lowest BCUT2D eigenvalue weighted by atomic mass is 9.73. The van der Waals surface area contributed by atoms with Gasteiger partial charge in [0.15, 0.2) is 5.78 Å². The van der Waals surface area contributed by atoms with Crippen LogP contribution in [0.15, 0.2) is 34.7 Å². The fourth-order valence-electron chi connectivity index (χ4n) is 4.73. The zero-order chi connectivity index (χ0) is 20.6. The molecular weight excluding hydrogens is 370 g/mol. The number of furan rings is 1. The number of benzene rings is 1. The van der Waals surface area contributed by atoms with E-state index in [0.717, 1.165) is 12.0 Å². The van der Waals surface area contributed by atoms with Crippen LogP contribution < -0.4 is 0 Å². The number of rotatable bonds is 4. The molecule has 1 aromatic carbocycles. The van der Waals surface area contributed by atoms with E-state index in [1.54, 1.807) is 11.8 Å². The van der Waals surface area contributed by atoms with E-state index in [2.05, 4.69) is 0 Å². The Hall–Kier alpha value is -2.44. The van der Waals surface area contributed by atoms with E-state index in [9.17, 15) is 19.8 Å². The summed E-state index contributed by atoms with van der Waals surface area (Å²) in [6.45, 7) is 2.10. The summed E-state index contributed by atoms with van der Waals surface area (Å²) >= 11 is 0. The number of ketones is 1. The van der Waals surface area contributed by atoms with Crippen LogP contribution in [0.4, 0.5) is 0 Å². The summed E-state index contributed by atoms with van der Waals surface area (Å²) in [5, 5.41) is 21.0. The van der Waals surface area contributed by atoms with E-state index in [-0.39, 0.29) is 24.8 Å². The van der Waals surface area contributed by atoms with E-state index in [1.807, 2.05) is 30.3 Å². The van der Waals surface area contributed by atoms with Crippen LogP contribution >= 0.6 is 0 Å². The monoisotopic (exact) mass is 397 g/mol. The summed E-state index contributed by atoms with van der Waals surface area (Å²) in [5.74, 6) is 0.789. The molecule has 1 fully saturated rings. The van der Waals surface area contributed by atoms with Gasteiger partial charge in [0.05, 0.1) is 23.8 Å². The Kier molecular flexibility index (Phi) is 5.32. The van der Waals surface area contributed by atoms with Gasteiger partial charge in [-0.1, -0.05) is 30.3 Å². The van der Waals surface area contributed by atoms with Crippen molar-refractivity contribution in [1.29, 1.82) is 0 Å². The number of fused-ring (bicyclic) bond motifs is 1. The van der Waals surface area contributed by atoms with E-state index >= 15 is 0 Å². The second kappa shape index (κ2) is 7.76. The smallest absolute Gasteiger partial charge is 0.258 e. The highest BCUT2D eigenvalue weighted by atomic mass is 16.3. The molecule has 29 heavy (non-hydrogen) atoms. The Labute approximate surface area is 170 Å². The molecule has 0 unspecified atom stereocenters. The lowest BCUT2D eigenvalue weighted by Crippen LogP contribution is -2.56. The molecule has 0 saturated carbocycles. The van der Waals surface area contributed by atoms with Crippen molar-refractivity contribution in [3.63, 3.8) is 0 Å². The van der Waals surface area contributed by atoms with Gasteiger partial charge in [0.1, 0.15) is 11.5 Å². The number of nitrogens with zero attached hydrogens (tertiary/aromatic N) is 1. The highest BCUT2D eigenvalue weighted by Gasteiger charge is 2.45. The molecule has 1 aliphatic carbocycles. The summed E-state index contributed by atoms with van der Waals surface area (Å²) in [5.41, 5.74) is 0.953. The lowest BCUT2D eigenvalue weighted by Gasteiger charge is -2.45. The highest BCUT2D eigenvalue weighted by Crippen LogP contribution is 2.36. The van der Waals surface area contributed by atoms with Crippen LogP contribution in [0.25, 0.3) is 0 Å². The Morgan fingerprint density at radius 3 is 2.76 bits per heavy atom. The number of Topliss-reactive ketones (excluding diaryl/α,β-unsaturated/α-hetero) is 1. The van der Waals surface area contributed by atoms with E-state index < -0.39 is 11.5 Å². The molecule has 4 rings (SSSR count). The van der Waals surface area contributed by atoms with Gasteiger partial charge in [-0.3, -0.25) is 9.59 Å². The van der Waals surface area contributed by atoms with Crippen molar-refractivity contribution in [1.82, 2.24) is 4.90 Å². The van der Waals surface area contributed by atoms with Gasteiger partial charge in [-0.25, -0.2) is 0 Å². The first-order chi connectivity index (χ1) is 13.9. The van der Waals surface area contributed by atoms with Crippen molar-refractivity contribution < 1.29 is 24.2 Å². The van der Waals surface area contributed by atoms with Crippen molar-refractivity contribution in [3.8, 4) is 0 Å². The molecule has 2 aliphatic rings. The van der Waals surface area contributed by atoms with Crippen LogP contribution in [0.3, 0.4) is 0 Å². The van der Waals surface area contributed by atoms with Gasteiger partial charge in [0.25, 0.3) is 5.91 Å². The third kappa shape index (κ3) is 3.51. The number of aliphatic hydroxyl groups is 2. The molecule has 154 valence electrons. The van der Waals surface area contributed by atoms with Crippen molar-refractivity contribution in [2.24, 2.45) is 5.41 Å². The molecule has 1 aromatic heterocycles. The summed E-state index contributed by atoms with van der Waals surface area (Å²) in [7, 11) is 0. The standard InChI is InChI=1S/C23H27NO5/c1-15-20(21-17(26)8-5-9-18(21)29-15)22(28)24-11-10-19(27)23(13-24,14-25)12-16-6-3-2-4-7-16/h2-4,6-7,19,25,27H,5,8-14H2,1H3/t19-,23+/m1/s1. The number of carbonyl (C=O) groups is 2. The average Bonchev–Trinajstić information content (AvgIpc) is 3.07. The quantitative estimate of drug-likeness (QED) is 0.827. The molecule has 0 radical (unpaired) electrons. The third-order valence-electron chi connectivity index (χ3n) is 6.34. The molecule has 1 saturated heterocycles. The Balaban J connectivity index is 1.64. The van der Waals surface area contributed by atoms with Crippen LogP contribution in [-0.2, 0) is 12.8 Å². The number of aryl methyl sites for hydroxylation is 2. The number of hydrogen-bond donors (Lipinski definition) is 2. The molecule has 2 heterocycles. The molecular formula is C23H27NO5.